The van der Waals surface area contributed by atoms with Crippen LogP contribution in [0.4, 0.5) is 0 Å². The number of rotatable bonds is 6. The summed E-state index contributed by atoms with van der Waals surface area (Å²) in [5.74, 6) is -0.940. The normalized spacial score (nSPS) is 13.6. The van der Waals surface area contributed by atoms with Crippen LogP contribution in [-0.2, 0) is 29.2 Å². The molecule has 0 fully saturated rings. The maximum Gasteiger partial charge on any atom is 0.328 e. The molecule has 0 amide bonds. The van der Waals surface area contributed by atoms with E-state index in [1.165, 1.54) is 0 Å². The molecule has 1 aliphatic heterocycles. The summed E-state index contributed by atoms with van der Waals surface area (Å²) in [6.07, 6.45) is 0.317. The number of ether oxygens (including phenoxy) is 1. The first kappa shape index (κ1) is 19.6. The van der Waals surface area contributed by atoms with Gasteiger partial charge in [0, 0.05) is 22.0 Å². The van der Waals surface area contributed by atoms with Gasteiger partial charge in [-0.3, -0.25) is 4.99 Å². The summed E-state index contributed by atoms with van der Waals surface area (Å²) in [4.78, 5) is 16.8. The number of carboxylic acids is 1. The number of carbonyl (C=O) groups is 1. The van der Waals surface area contributed by atoms with E-state index < -0.39 is 12.0 Å². The van der Waals surface area contributed by atoms with Crippen LogP contribution in [0.1, 0.15) is 27.8 Å². The van der Waals surface area contributed by atoms with Crippen molar-refractivity contribution in [1.29, 1.82) is 0 Å². The van der Waals surface area contributed by atoms with Gasteiger partial charge in [-0.05, 0) is 22.8 Å². The van der Waals surface area contributed by atoms with Crippen molar-refractivity contribution in [1.82, 2.24) is 0 Å². The average molecular weight is 450 g/mol. The van der Waals surface area contributed by atoms with Crippen LogP contribution in [0.3, 0.4) is 0 Å². The molecule has 1 aliphatic rings. The number of carboxylic acid groups (broad SMARTS) is 1. The Morgan fingerprint density at radius 1 is 0.931 bits per heavy atom. The molecule has 146 valence electrons. The molecule has 0 aromatic heterocycles. The smallest absolute Gasteiger partial charge is 0.328 e. The number of benzene rings is 3. The highest BCUT2D eigenvalue weighted by atomic mass is 79.9. The highest BCUT2D eigenvalue weighted by Gasteiger charge is 2.24. The SMILES string of the molecule is O=C(O)[C@H](Cc1ccc(Br)c2c1COC2)N=C(c1ccccc1)c1ccccc1. The van der Waals surface area contributed by atoms with Gasteiger partial charge in [0.2, 0.25) is 0 Å². The van der Waals surface area contributed by atoms with Gasteiger partial charge >= 0.3 is 5.97 Å². The van der Waals surface area contributed by atoms with Gasteiger partial charge in [-0.1, -0.05) is 82.7 Å². The molecule has 3 aromatic rings. The van der Waals surface area contributed by atoms with Crippen LogP contribution in [0.15, 0.2) is 82.3 Å². The van der Waals surface area contributed by atoms with E-state index in [1.807, 2.05) is 72.8 Å². The Bertz CT molecular complexity index is 1010. The number of hydrogen-bond donors (Lipinski definition) is 1. The second kappa shape index (κ2) is 8.72. The van der Waals surface area contributed by atoms with Crippen LogP contribution >= 0.6 is 15.9 Å². The van der Waals surface area contributed by atoms with Gasteiger partial charge in [0.1, 0.15) is 0 Å². The molecule has 0 saturated carbocycles. The Hall–Kier alpha value is -2.76. The molecule has 3 aromatic carbocycles. The molecule has 4 rings (SSSR count). The summed E-state index contributed by atoms with van der Waals surface area (Å²) in [6.45, 7) is 1.05. The summed E-state index contributed by atoms with van der Waals surface area (Å²) in [6, 6.07) is 22.5. The van der Waals surface area contributed by atoms with E-state index in [-0.39, 0.29) is 0 Å². The van der Waals surface area contributed by atoms with Crippen LogP contribution < -0.4 is 0 Å². The molecule has 1 heterocycles. The van der Waals surface area contributed by atoms with E-state index in [2.05, 4.69) is 15.9 Å². The van der Waals surface area contributed by atoms with Crippen LogP contribution in [0.5, 0.6) is 0 Å². The quantitative estimate of drug-likeness (QED) is 0.537. The fourth-order valence-electron chi connectivity index (χ4n) is 3.56. The summed E-state index contributed by atoms with van der Waals surface area (Å²) in [7, 11) is 0. The number of fused-ring (bicyclic) bond motifs is 1. The van der Waals surface area contributed by atoms with Gasteiger partial charge in [0.15, 0.2) is 6.04 Å². The molecule has 0 saturated heterocycles. The van der Waals surface area contributed by atoms with Crippen molar-refractivity contribution in [2.24, 2.45) is 4.99 Å². The van der Waals surface area contributed by atoms with Crippen LogP contribution in [0.25, 0.3) is 0 Å². The minimum Gasteiger partial charge on any atom is -0.480 e. The van der Waals surface area contributed by atoms with Crippen molar-refractivity contribution in [2.45, 2.75) is 25.7 Å². The predicted octanol–water partition coefficient (Wildman–Crippen LogP) is 5.01. The maximum absolute atomic E-state index is 12.1. The van der Waals surface area contributed by atoms with Crippen molar-refractivity contribution < 1.29 is 14.6 Å². The van der Waals surface area contributed by atoms with Gasteiger partial charge in [-0.25, -0.2) is 4.79 Å². The minimum absolute atomic E-state index is 0.317. The van der Waals surface area contributed by atoms with E-state index in [4.69, 9.17) is 9.73 Å². The van der Waals surface area contributed by atoms with Crippen molar-refractivity contribution in [3.05, 3.63) is 105 Å². The third-order valence-electron chi connectivity index (χ3n) is 5.04. The lowest BCUT2D eigenvalue weighted by atomic mass is 9.97. The monoisotopic (exact) mass is 449 g/mol. The first-order valence-corrected chi connectivity index (χ1v) is 10.2. The number of halogens is 1. The molecule has 29 heavy (non-hydrogen) atoms. The van der Waals surface area contributed by atoms with Crippen molar-refractivity contribution in [2.75, 3.05) is 0 Å². The summed E-state index contributed by atoms with van der Waals surface area (Å²) >= 11 is 3.55. The van der Waals surface area contributed by atoms with Gasteiger partial charge in [-0.15, -0.1) is 0 Å². The molecular formula is C24H20BrNO3. The second-order valence-corrected chi connectivity index (χ2v) is 7.78. The zero-order chi connectivity index (χ0) is 20.2. The van der Waals surface area contributed by atoms with E-state index in [0.29, 0.717) is 25.3 Å². The summed E-state index contributed by atoms with van der Waals surface area (Å²) in [5, 5.41) is 9.93. The van der Waals surface area contributed by atoms with Gasteiger partial charge in [0.25, 0.3) is 0 Å². The van der Waals surface area contributed by atoms with E-state index in [0.717, 1.165) is 32.3 Å². The molecule has 0 bridgehead atoms. The molecule has 0 radical (unpaired) electrons. The van der Waals surface area contributed by atoms with E-state index in [9.17, 15) is 9.90 Å². The number of aliphatic imine (C=N–C) groups is 1. The zero-order valence-corrected chi connectivity index (χ0v) is 17.3. The lowest BCUT2D eigenvalue weighted by Crippen LogP contribution is -2.24. The van der Waals surface area contributed by atoms with Gasteiger partial charge in [-0.2, -0.15) is 0 Å². The Balaban J connectivity index is 1.75. The lowest BCUT2D eigenvalue weighted by molar-refractivity contribution is -0.138. The Kier molecular flexibility index (Phi) is 5.88. The Morgan fingerprint density at radius 3 is 2.10 bits per heavy atom. The number of aliphatic carboxylic acids is 1. The first-order chi connectivity index (χ1) is 14.1. The third-order valence-corrected chi connectivity index (χ3v) is 5.78. The Labute approximate surface area is 178 Å². The van der Waals surface area contributed by atoms with Crippen molar-refractivity contribution in [3.63, 3.8) is 0 Å². The predicted molar refractivity (Wildman–Crippen MR) is 116 cm³/mol. The fourth-order valence-corrected chi connectivity index (χ4v) is 4.04. The van der Waals surface area contributed by atoms with Crippen molar-refractivity contribution >= 4 is 27.6 Å². The molecule has 1 atom stereocenters. The topological polar surface area (TPSA) is 58.9 Å². The minimum atomic E-state index is -0.940. The first-order valence-electron chi connectivity index (χ1n) is 9.42. The number of hydrogen-bond acceptors (Lipinski definition) is 3. The molecule has 0 aliphatic carbocycles. The highest BCUT2D eigenvalue weighted by molar-refractivity contribution is 9.10. The standard InChI is InChI=1S/C24H20BrNO3/c25-21-12-11-18(19-14-29-15-20(19)21)13-22(24(27)28)26-23(16-7-3-1-4-8-16)17-9-5-2-6-10-17/h1-12,22H,13-15H2,(H,27,28)/t22-/m0/s1. The van der Waals surface area contributed by atoms with Crippen LogP contribution in [0.2, 0.25) is 0 Å². The van der Waals surface area contributed by atoms with Crippen LogP contribution in [-0.4, -0.2) is 22.8 Å². The molecule has 4 nitrogen and oxygen atoms in total. The summed E-state index contributed by atoms with van der Waals surface area (Å²) < 4.78 is 6.58. The molecule has 0 spiro atoms. The van der Waals surface area contributed by atoms with Crippen LogP contribution in [0, 0.1) is 0 Å². The largest absolute Gasteiger partial charge is 0.480 e. The number of nitrogens with zero attached hydrogens (tertiary/aromatic N) is 1. The average Bonchev–Trinajstić information content (AvgIpc) is 3.25. The zero-order valence-electron chi connectivity index (χ0n) is 15.7. The van der Waals surface area contributed by atoms with Gasteiger partial charge < -0.3 is 9.84 Å². The third kappa shape index (κ3) is 4.31. The fraction of sp³-hybridized carbons (Fsp3) is 0.167. The summed E-state index contributed by atoms with van der Waals surface area (Å²) in [5.41, 5.74) is 5.62. The van der Waals surface area contributed by atoms with Crippen molar-refractivity contribution in [3.8, 4) is 0 Å². The molecule has 0 unspecified atom stereocenters. The molecular weight excluding hydrogens is 430 g/mol. The van der Waals surface area contributed by atoms with E-state index >= 15 is 0 Å². The lowest BCUT2D eigenvalue weighted by Gasteiger charge is -2.15. The molecule has 5 heteroatoms. The Morgan fingerprint density at radius 2 is 1.52 bits per heavy atom. The molecule has 1 N–H and O–H groups in total. The highest BCUT2D eigenvalue weighted by Crippen LogP contribution is 2.31. The van der Waals surface area contributed by atoms with E-state index in [1.54, 1.807) is 0 Å². The maximum atomic E-state index is 12.1. The van der Waals surface area contributed by atoms with Gasteiger partial charge in [0.05, 0.1) is 18.9 Å². The second-order valence-electron chi connectivity index (χ2n) is 6.92.